The van der Waals surface area contributed by atoms with Crippen molar-refractivity contribution in [1.82, 2.24) is 10.6 Å². The Morgan fingerprint density at radius 3 is 2.76 bits per heavy atom. The molecular formula is C17H18N2O2. The molecule has 1 fully saturated rings. The third-order valence-corrected chi connectivity index (χ3v) is 3.67. The first-order chi connectivity index (χ1) is 10.3. The highest BCUT2D eigenvalue weighted by molar-refractivity contribution is 5.84. The van der Waals surface area contributed by atoms with Crippen LogP contribution >= 0.6 is 0 Å². The van der Waals surface area contributed by atoms with Gasteiger partial charge in [-0.2, -0.15) is 0 Å². The molecule has 0 radical (unpaired) electrons. The molecule has 0 aromatic heterocycles. The quantitative estimate of drug-likeness (QED) is 0.906. The summed E-state index contributed by atoms with van der Waals surface area (Å²) in [4.78, 5) is 12.0. The van der Waals surface area contributed by atoms with Crippen LogP contribution in [0.3, 0.4) is 0 Å². The fourth-order valence-corrected chi connectivity index (χ4v) is 2.64. The average molecular weight is 282 g/mol. The molecule has 1 saturated heterocycles. The van der Waals surface area contributed by atoms with E-state index in [2.05, 4.69) is 10.6 Å². The number of para-hydroxylation sites is 1. The summed E-state index contributed by atoms with van der Waals surface area (Å²) in [5.74, 6) is 0.856. The van der Waals surface area contributed by atoms with Gasteiger partial charge in [-0.3, -0.25) is 4.79 Å². The summed E-state index contributed by atoms with van der Waals surface area (Å²) in [6, 6.07) is 15.6. The van der Waals surface area contributed by atoms with Crippen molar-refractivity contribution in [2.24, 2.45) is 0 Å². The lowest BCUT2D eigenvalue weighted by Crippen LogP contribution is -2.47. The minimum atomic E-state index is -0.284. The number of nitrogens with one attached hydrogen (secondary N) is 2. The van der Waals surface area contributed by atoms with Gasteiger partial charge in [0.05, 0.1) is 7.11 Å². The zero-order chi connectivity index (χ0) is 14.7. The van der Waals surface area contributed by atoms with Crippen LogP contribution in [0, 0.1) is 0 Å². The maximum Gasteiger partial charge on any atom is 0.241 e. The Labute approximate surface area is 124 Å². The molecule has 4 nitrogen and oxygen atoms in total. The fraction of sp³-hybridized carbons (Fsp3) is 0.235. The van der Waals surface area contributed by atoms with Crippen molar-refractivity contribution in [3.8, 4) is 16.9 Å². The van der Waals surface area contributed by atoms with Crippen LogP contribution < -0.4 is 15.4 Å². The highest BCUT2D eigenvalue weighted by atomic mass is 16.5. The van der Waals surface area contributed by atoms with Crippen molar-refractivity contribution in [1.29, 1.82) is 0 Å². The van der Waals surface area contributed by atoms with Gasteiger partial charge in [0.2, 0.25) is 5.91 Å². The second-order valence-corrected chi connectivity index (χ2v) is 5.00. The molecule has 2 aromatic rings. The third kappa shape index (κ3) is 2.76. The van der Waals surface area contributed by atoms with Gasteiger partial charge in [-0.15, -0.1) is 0 Å². The van der Waals surface area contributed by atoms with E-state index in [-0.39, 0.29) is 11.9 Å². The van der Waals surface area contributed by atoms with Crippen molar-refractivity contribution in [2.45, 2.75) is 6.04 Å². The minimum absolute atomic E-state index is 0.0263. The molecule has 2 aromatic carbocycles. The number of hydrogen-bond donors (Lipinski definition) is 2. The number of ether oxygens (including phenoxy) is 1. The first-order valence-corrected chi connectivity index (χ1v) is 7.04. The van der Waals surface area contributed by atoms with Gasteiger partial charge >= 0.3 is 0 Å². The Balaban J connectivity index is 1.98. The van der Waals surface area contributed by atoms with Gasteiger partial charge in [-0.25, -0.2) is 0 Å². The maximum atomic E-state index is 12.0. The number of methoxy groups -OCH3 is 1. The summed E-state index contributed by atoms with van der Waals surface area (Å²) in [5.41, 5.74) is 3.04. The Morgan fingerprint density at radius 2 is 1.95 bits per heavy atom. The van der Waals surface area contributed by atoms with E-state index in [0.717, 1.165) is 29.0 Å². The molecule has 1 atom stereocenters. The molecule has 1 amide bonds. The Kier molecular flexibility index (Phi) is 3.88. The molecule has 0 spiro atoms. The first-order valence-electron chi connectivity index (χ1n) is 7.04. The van der Waals surface area contributed by atoms with Crippen LogP contribution in [-0.2, 0) is 4.79 Å². The van der Waals surface area contributed by atoms with Crippen LogP contribution in [0.25, 0.3) is 11.1 Å². The average Bonchev–Trinajstić information content (AvgIpc) is 2.55. The zero-order valence-electron chi connectivity index (χ0n) is 11.9. The molecule has 1 aliphatic rings. The van der Waals surface area contributed by atoms with Gasteiger partial charge in [0.25, 0.3) is 0 Å². The molecule has 0 bridgehead atoms. The van der Waals surface area contributed by atoms with E-state index >= 15 is 0 Å². The lowest BCUT2D eigenvalue weighted by atomic mass is 9.98. The molecule has 4 heteroatoms. The molecule has 0 aliphatic carbocycles. The highest BCUT2D eigenvalue weighted by Crippen LogP contribution is 2.31. The predicted molar refractivity (Wildman–Crippen MR) is 82.2 cm³/mol. The number of hydrogen-bond acceptors (Lipinski definition) is 3. The summed E-state index contributed by atoms with van der Waals surface area (Å²) >= 11 is 0. The Morgan fingerprint density at radius 1 is 1.10 bits per heavy atom. The molecule has 0 saturated carbocycles. The molecule has 2 N–H and O–H groups in total. The van der Waals surface area contributed by atoms with Crippen LogP contribution in [0.1, 0.15) is 11.6 Å². The standard InChI is InChI=1S/C17H18N2O2/c1-21-15-8-3-2-7-14(15)12-5-4-6-13(11-12)16-17(20)19-10-9-18-16/h2-8,11,16,18H,9-10H2,1H3,(H,19,20). The largest absolute Gasteiger partial charge is 0.496 e. The lowest BCUT2D eigenvalue weighted by molar-refractivity contribution is -0.124. The number of piperazine rings is 1. The van der Waals surface area contributed by atoms with Crippen LogP contribution in [0.5, 0.6) is 5.75 Å². The normalized spacial score (nSPS) is 18.1. The molecule has 1 unspecified atom stereocenters. The van der Waals surface area contributed by atoms with Gasteiger partial charge in [-0.05, 0) is 23.3 Å². The molecule has 108 valence electrons. The third-order valence-electron chi connectivity index (χ3n) is 3.67. The van der Waals surface area contributed by atoms with Gasteiger partial charge in [0.1, 0.15) is 11.8 Å². The van der Waals surface area contributed by atoms with Crippen molar-refractivity contribution < 1.29 is 9.53 Å². The highest BCUT2D eigenvalue weighted by Gasteiger charge is 2.23. The fourth-order valence-electron chi connectivity index (χ4n) is 2.64. The van der Waals surface area contributed by atoms with E-state index in [1.54, 1.807) is 7.11 Å². The zero-order valence-corrected chi connectivity index (χ0v) is 11.9. The van der Waals surface area contributed by atoms with Crippen LogP contribution in [0.15, 0.2) is 48.5 Å². The Bertz CT molecular complexity index is 655. The monoisotopic (exact) mass is 282 g/mol. The van der Waals surface area contributed by atoms with Crippen molar-refractivity contribution in [3.63, 3.8) is 0 Å². The van der Waals surface area contributed by atoms with E-state index in [1.165, 1.54) is 0 Å². The van der Waals surface area contributed by atoms with Crippen molar-refractivity contribution in [2.75, 3.05) is 20.2 Å². The molecule has 1 heterocycles. The number of carbonyl (C=O) groups excluding carboxylic acids is 1. The lowest BCUT2D eigenvalue weighted by Gasteiger charge is -2.24. The van der Waals surface area contributed by atoms with Crippen LogP contribution in [-0.4, -0.2) is 26.1 Å². The maximum absolute atomic E-state index is 12.0. The van der Waals surface area contributed by atoms with Crippen molar-refractivity contribution in [3.05, 3.63) is 54.1 Å². The Hall–Kier alpha value is -2.33. The van der Waals surface area contributed by atoms with E-state index in [4.69, 9.17) is 4.74 Å². The van der Waals surface area contributed by atoms with E-state index in [9.17, 15) is 4.79 Å². The topological polar surface area (TPSA) is 50.4 Å². The second-order valence-electron chi connectivity index (χ2n) is 5.00. The van der Waals surface area contributed by atoms with Crippen LogP contribution in [0.2, 0.25) is 0 Å². The van der Waals surface area contributed by atoms with Gasteiger partial charge in [0.15, 0.2) is 0 Å². The van der Waals surface area contributed by atoms with Gasteiger partial charge in [0, 0.05) is 18.7 Å². The number of rotatable bonds is 3. The second kappa shape index (κ2) is 5.97. The summed E-state index contributed by atoms with van der Waals surface area (Å²) in [5, 5.41) is 6.14. The number of amides is 1. The smallest absolute Gasteiger partial charge is 0.241 e. The van der Waals surface area contributed by atoms with E-state index in [1.807, 2.05) is 48.5 Å². The summed E-state index contributed by atoms with van der Waals surface area (Å²) in [6.45, 7) is 1.47. The van der Waals surface area contributed by atoms with Crippen molar-refractivity contribution >= 4 is 5.91 Å². The van der Waals surface area contributed by atoms with Gasteiger partial charge < -0.3 is 15.4 Å². The van der Waals surface area contributed by atoms with E-state index in [0.29, 0.717) is 6.54 Å². The summed E-state index contributed by atoms with van der Waals surface area (Å²) in [6.07, 6.45) is 0. The van der Waals surface area contributed by atoms with Gasteiger partial charge in [-0.1, -0.05) is 36.4 Å². The number of benzene rings is 2. The van der Waals surface area contributed by atoms with E-state index < -0.39 is 0 Å². The summed E-state index contributed by atoms with van der Waals surface area (Å²) < 4.78 is 5.41. The minimum Gasteiger partial charge on any atom is -0.496 e. The molecule has 3 rings (SSSR count). The number of carbonyl (C=O) groups is 1. The molecule has 21 heavy (non-hydrogen) atoms. The molecule has 1 aliphatic heterocycles. The SMILES string of the molecule is COc1ccccc1-c1cccc(C2NCCNC2=O)c1. The summed E-state index contributed by atoms with van der Waals surface area (Å²) in [7, 11) is 1.67. The predicted octanol–water partition coefficient (Wildman–Crippen LogP) is 2.12. The first kappa shape index (κ1) is 13.6. The van der Waals surface area contributed by atoms with Crippen LogP contribution in [0.4, 0.5) is 0 Å². The molecular weight excluding hydrogens is 264 g/mol.